The summed E-state index contributed by atoms with van der Waals surface area (Å²) in [7, 11) is 1.61. The summed E-state index contributed by atoms with van der Waals surface area (Å²) in [6.07, 6.45) is 3.20. The van der Waals surface area contributed by atoms with Crippen molar-refractivity contribution in [3.8, 4) is 17.6 Å². The van der Waals surface area contributed by atoms with Crippen LogP contribution in [0.25, 0.3) is 0 Å². The lowest BCUT2D eigenvalue weighted by atomic mass is 10.1. The van der Waals surface area contributed by atoms with E-state index in [-0.39, 0.29) is 0 Å². The van der Waals surface area contributed by atoms with Crippen molar-refractivity contribution in [1.29, 1.82) is 0 Å². The van der Waals surface area contributed by atoms with Gasteiger partial charge in [0.2, 0.25) is 0 Å². The first-order valence-electron chi connectivity index (χ1n) is 6.25. The molecule has 3 heteroatoms. The topological polar surface area (TPSA) is 41.8 Å². The highest BCUT2D eigenvalue weighted by atomic mass is 16.5. The van der Waals surface area contributed by atoms with E-state index in [1.54, 1.807) is 19.3 Å². The lowest BCUT2D eigenvalue weighted by molar-refractivity contribution is 0.184. The molecule has 0 saturated carbocycles. The van der Waals surface area contributed by atoms with Crippen LogP contribution >= 0.6 is 0 Å². The van der Waals surface area contributed by atoms with Crippen molar-refractivity contribution in [1.82, 2.24) is 0 Å². The zero-order valence-corrected chi connectivity index (χ0v) is 11.7. The van der Waals surface area contributed by atoms with E-state index in [1.807, 2.05) is 24.3 Å². The quantitative estimate of drug-likeness (QED) is 0.490. The van der Waals surface area contributed by atoms with Crippen LogP contribution < -0.4 is 4.74 Å². The number of benzene rings is 1. The normalized spacial score (nSPS) is 12.0. The Morgan fingerprint density at radius 3 is 2.70 bits per heavy atom. The minimum atomic E-state index is -0.605. The average molecular weight is 269 g/mol. The highest BCUT2D eigenvalue weighted by molar-refractivity contribution is 5.33. The molecule has 1 rings (SSSR count). The Hall–Kier alpha value is -2.31. The van der Waals surface area contributed by atoms with Crippen LogP contribution in [0.4, 0.5) is 0 Å². The summed E-state index contributed by atoms with van der Waals surface area (Å²) < 4.78 is 5.07. The highest BCUT2D eigenvalue weighted by Gasteiger charge is 2.05. The van der Waals surface area contributed by atoms with Gasteiger partial charge in [-0.05, 0) is 36.1 Å². The number of nitrogens with zero attached hydrogens (tertiary/aromatic N) is 1. The van der Waals surface area contributed by atoms with E-state index in [2.05, 4.69) is 30.1 Å². The molecule has 1 atom stereocenters. The number of allylic oxidation sites excluding steroid dienone is 1. The molecule has 0 heterocycles. The smallest absolute Gasteiger partial charge is 0.118 e. The fraction of sp³-hybridized carbons (Fsp3) is 0.235. The van der Waals surface area contributed by atoms with Gasteiger partial charge in [-0.25, -0.2) is 0 Å². The maximum Gasteiger partial charge on any atom is 0.118 e. The van der Waals surface area contributed by atoms with E-state index in [4.69, 9.17) is 4.74 Å². The number of aliphatic hydroxyl groups is 1. The third-order valence-electron chi connectivity index (χ3n) is 2.71. The SMILES string of the molecule is C=CC(=CC#CCC(O)c1ccc(OC)cc1)CN=C. The summed E-state index contributed by atoms with van der Waals surface area (Å²) in [5.41, 5.74) is 1.73. The van der Waals surface area contributed by atoms with E-state index in [0.29, 0.717) is 13.0 Å². The van der Waals surface area contributed by atoms with Gasteiger partial charge in [0.25, 0.3) is 0 Å². The second-order valence-electron chi connectivity index (χ2n) is 4.12. The lowest BCUT2D eigenvalue weighted by Gasteiger charge is -2.07. The van der Waals surface area contributed by atoms with Crippen molar-refractivity contribution in [2.45, 2.75) is 12.5 Å². The van der Waals surface area contributed by atoms with Crippen molar-refractivity contribution in [3.63, 3.8) is 0 Å². The molecule has 0 bridgehead atoms. The Kier molecular flexibility index (Phi) is 6.88. The van der Waals surface area contributed by atoms with E-state index >= 15 is 0 Å². The van der Waals surface area contributed by atoms with E-state index in [9.17, 15) is 5.11 Å². The molecule has 1 unspecified atom stereocenters. The van der Waals surface area contributed by atoms with Crippen LogP contribution in [0, 0.1) is 11.8 Å². The van der Waals surface area contributed by atoms with Crippen LogP contribution in [0.1, 0.15) is 18.1 Å². The lowest BCUT2D eigenvalue weighted by Crippen LogP contribution is -1.95. The second kappa shape index (κ2) is 8.73. The van der Waals surface area contributed by atoms with Gasteiger partial charge in [-0.1, -0.05) is 36.6 Å². The van der Waals surface area contributed by atoms with Gasteiger partial charge in [0.05, 0.1) is 19.8 Å². The Morgan fingerprint density at radius 2 is 2.15 bits per heavy atom. The molecule has 1 N–H and O–H groups in total. The average Bonchev–Trinajstić information content (AvgIpc) is 2.50. The van der Waals surface area contributed by atoms with Crippen LogP contribution in [-0.4, -0.2) is 25.5 Å². The fourth-order valence-corrected chi connectivity index (χ4v) is 1.54. The van der Waals surface area contributed by atoms with Gasteiger partial charge in [0.1, 0.15) is 5.75 Å². The molecule has 0 aliphatic carbocycles. The largest absolute Gasteiger partial charge is 0.497 e. The Labute approximate surface area is 120 Å². The number of hydrogen-bond donors (Lipinski definition) is 1. The predicted octanol–water partition coefficient (Wildman–Crippen LogP) is 2.94. The first-order valence-corrected chi connectivity index (χ1v) is 6.25. The third kappa shape index (κ3) is 5.13. The number of methoxy groups -OCH3 is 1. The number of aliphatic hydroxyl groups excluding tert-OH is 1. The molecule has 1 aromatic rings. The van der Waals surface area contributed by atoms with Crippen LogP contribution in [0.5, 0.6) is 5.75 Å². The van der Waals surface area contributed by atoms with Crippen molar-refractivity contribution in [3.05, 3.63) is 54.1 Å². The maximum atomic E-state index is 10.00. The fourth-order valence-electron chi connectivity index (χ4n) is 1.54. The summed E-state index contributed by atoms with van der Waals surface area (Å²) >= 11 is 0. The van der Waals surface area contributed by atoms with Crippen molar-refractivity contribution < 1.29 is 9.84 Å². The van der Waals surface area contributed by atoms with Crippen LogP contribution in [-0.2, 0) is 0 Å². The van der Waals surface area contributed by atoms with Gasteiger partial charge in [-0.3, -0.25) is 4.99 Å². The molecule has 0 aliphatic heterocycles. The summed E-state index contributed by atoms with van der Waals surface area (Å²) in [6.45, 7) is 7.59. The van der Waals surface area contributed by atoms with Gasteiger partial charge < -0.3 is 9.84 Å². The van der Waals surface area contributed by atoms with Gasteiger partial charge >= 0.3 is 0 Å². The molecule has 0 spiro atoms. The molecule has 0 radical (unpaired) electrons. The summed E-state index contributed by atoms with van der Waals surface area (Å²) in [5, 5.41) is 10.00. The second-order valence-corrected chi connectivity index (χ2v) is 4.12. The van der Waals surface area contributed by atoms with Gasteiger partial charge in [-0.2, -0.15) is 0 Å². The van der Waals surface area contributed by atoms with Gasteiger partial charge in [0, 0.05) is 6.42 Å². The Balaban J connectivity index is 2.60. The Morgan fingerprint density at radius 1 is 1.45 bits per heavy atom. The molecular weight excluding hydrogens is 250 g/mol. The van der Waals surface area contributed by atoms with E-state index < -0.39 is 6.10 Å². The highest BCUT2D eigenvalue weighted by Crippen LogP contribution is 2.19. The Bertz CT molecular complexity index is 532. The van der Waals surface area contributed by atoms with Crippen LogP contribution in [0.2, 0.25) is 0 Å². The number of ether oxygens (including phenoxy) is 1. The molecule has 0 aliphatic rings. The molecule has 104 valence electrons. The monoisotopic (exact) mass is 269 g/mol. The molecular formula is C17H19NO2. The molecule has 0 aromatic heterocycles. The predicted molar refractivity (Wildman–Crippen MR) is 83.0 cm³/mol. The number of aliphatic imine (C=N–C) groups is 1. The summed E-state index contributed by atoms with van der Waals surface area (Å²) in [4.78, 5) is 3.77. The molecule has 20 heavy (non-hydrogen) atoms. The molecule has 0 saturated heterocycles. The number of rotatable bonds is 6. The first-order chi connectivity index (χ1) is 9.71. The maximum absolute atomic E-state index is 10.00. The minimum Gasteiger partial charge on any atom is -0.497 e. The van der Waals surface area contributed by atoms with Crippen molar-refractivity contribution in [2.24, 2.45) is 4.99 Å². The first kappa shape index (κ1) is 15.7. The molecule has 0 fully saturated rings. The standard InChI is InChI=1S/C17H19NO2/c1-4-14(13-18-2)7-5-6-8-17(19)15-9-11-16(20-3)12-10-15/h4,7,9-12,17,19H,1-2,8,13H2,3H3. The van der Waals surface area contributed by atoms with Crippen LogP contribution in [0.3, 0.4) is 0 Å². The van der Waals surface area contributed by atoms with Crippen molar-refractivity contribution in [2.75, 3.05) is 13.7 Å². The summed E-state index contributed by atoms with van der Waals surface area (Å²) in [6, 6.07) is 7.30. The van der Waals surface area contributed by atoms with Crippen LogP contribution in [0.15, 0.2) is 53.6 Å². The van der Waals surface area contributed by atoms with E-state index in [0.717, 1.165) is 16.9 Å². The van der Waals surface area contributed by atoms with Crippen molar-refractivity contribution >= 4 is 6.72 Å². The summed E-state index contributed by atoms with van der Waals surface area (Å²) in [5.74, 6) is 6.57. The minimum absolute atomic E-state index is 0.370. The zero-order valence-electron chi connectivity index (χ0n) is 11.7. The number of hydrogen-bond acceptors (Lipinski definition) is 3. The third-order valence-corrected chi connectivity index (χ3v) is 2.71. The zero-order chi connectivity index (χ0) is 14.8. The molecule has 3 nitrogen and oxygen atoms in total. The van der Waals surface area contributed by atoms with E-state index in [1.165, 1.54) is 0 Å². The molecule has 1 aromatic carbocycles. The van der Waals surface area contributed by atoms with Gasteiger partial charge in [0.15, 0.2) is 0 Å². The molecule has 0 amide bonds. The van der Waals surface area contributed by atoms with Gasteiger partial charge in [-0.15, -0.1) is 0 Å².